The van der Waals surface area contributed by atoms with Crippen LogP contribution < -0.4 is 10.2 Å². The second-order valence-corrected chi connectivity index (χ2v) is 5.09. The van der Waals surface area contributed by atoms with E-state index in [1.54, 1.807) is 50.3 Å². The molecule has 4 heteroatoms. The van der Waals surface area contributed by atoms with Crippen LogP contribution >= 0.6 is 0 Å². The van der Waals surface area contributed by atoms with Gasteiger partial charge in [0, 0.05) is 11.1 Å². The minimum atomic E-state index is -1.27. The van der Waals surface area contributed by atoms with Crippen LogP contribution in [0.25, 0.3) is 12.2 Å². The fraction of sp³-hybridized carbons (Fsp3) is 0.111. The van der Waals surface area contributed by atoms with Gasteiger partial charge in [0.25, 0.3) is 0 Å². The largest absolute Gasteiger partial charge is 0.545 e. The first-order valence-corrected chi connectivity index (χ1v) is 6.70. The van der Waals surface area contributed by atoms with Crippen LogP contribution in [0.3, 0.4) is 0 Å². The molecule has 0 radical (unpaired) electrons. The number of hydrogen-bond acceptors (Lipinski definition) is 4. The molecule has 0 unspecified atom stereocenters. The van der Waals surface area contributed by atoms with Gasteiger partial charge < -0.3 is 19.8 Å². The Hall–Kier alpha value is -2.88. The molecule has 0 heterocycles. The number of carboxylic acid groups (broad SMARTS) is 2. The number of aryl methyl sites for hydroxylation is 2. The van der Waals surface area contributed by atoms with Crippen LogP contribution in [0.5, 0.6) is 0 Å². The summed E-state index contributed by atoms with van der Waals surface area (Å²) in [6.07, 6.45) is 3.11. The number of hydrogen-bond donors (Lipinski definition) is 0. The summed E-state index contributed by atoms with van der Waals surface area (Å²) < 4.78 is 0. The zero-order valence-electron chi connectivity index (χ0n) is 12.3. The molecule has 0 aromatic heterocycles. The number of carbonyl (C=O) groups excluding carboxylic acids is 2. The van der Waals surface area contributed by atoms with E-state index in [1.165, 1.54) is 12.1 Å². The maximum atomic E-state index is 11.2. The van der Waals surface area contributed by atoms with Crippen molar-refractivity contribution in [2.24, 2.45) is 0 Å². The highest BCUT2D eigenvalue weighted by Gasteiger charge is 2.04. The van der Waals surface area contributed by atoms with Crippen LogP contribution in [0.1, 0.15) is 43.0 Å². The zero-order valence-corrected chi connectivity index (χ0v) is 12.3. The second kappa shape index (κ2) is 6.26. The quantitative estimate of drug-likeness (QED) is 0.794. The third-order valence-corrected chi connectivity index (χ3v) is 3.30. The molecule has 0 spiro atoms. The Morgan fingerprint density at radius 1 is 0.773 bits per heavy atom. The summed E-state index contributed by atoms with van der Waals surface area (Å²) in [5, 5.41) is 22.3. The van der Waals surface area contributed by atoms with Crippen molar-refractivity contribution < 1.29 is 19.8 Å². The Morgan fingerprint density at radius 3 is 1.45 bits per heavy atom. The Labute approximate surface area is 128 Å². The van der Waals surface area contributed by atoms with E-state index >= 15 is 0 Å². The zero-order chi connectivity index (χ0) is 16.3. The van der Waals surface area contributed by atoms with Crippen molar-refractivity contribution >= 4 is 24.1 Å². The SMILES string of the molecule is Cc1ccc(/C=C/c2ccc(C)cc2C(=O)[O-])c(C(=O)[O-])c1. The van der Waals surface area contributed by atoms with Crippen molar-refractivity contribution in [1.82, 2.24) is 0 Å². The van der Waals surface area contributed by atoms with Gasteiger partial charge >= 0.3 is 0 Å². The van der Waals surface area contributed by atoms with Crippen molar-refractivity contribution in [3.05, 3.63) is 69.8 Å². The first kappa shape index (κ1) is 15.5. The number of benzene rings is 2. The van der Waals surface area contributed by atoms with Gasteiger partial charge in [0.15, 0.2) is 0 Å². The molecule has 0 saturated heterocycles. The molecule has 0 aliphatic carbocycles. The lowest BCUT2D eigenvalue weighted by Gasteiger charge is -2.10. The van der Waals surface area contributed by atoms with Crippen molar-refractivity contribution in [1.29, 1.82) is 0 Å². The highest BCUT2D eigenvalue weighted by Crippen LogP contribution is 2.18. The first-order valence-electron chi connectivity index (χ1n) is 6.70. The monoisotopic (exact) mass is 294 g/mol. The van der Waals surface area contributed by atoms with Gasteiger partial charge in [0.05, 0.1) is 11.9 Å². The Bertz CT molecular complexity index is 707. The Kier molecular flexibility index (Phi) is 4.41. The van der Waals surface area contributed by atoms with Gasteiger partial charge in [0.1, 0.15) is 0 Å². The highest BCUT2D eigenvalue weighted by atomic mass is 16.4. The lowest BCUT2D eigenvalue weighted by Crippen LogP contribution is -2.23. The first-order chi connectivity index (χ1) is 10.4. The van der Waals surface area contributed by atoms with Crippen LogP contribution in [-0.4, -0.2) is 11.9 Å². The molecule has 2 rings (SSSR count). The third-order valence-electron chi connectivity index (χ3n) is 3.30. The third kappa shape index (κ3) is 3.41. The summed E-state index contributed by atoms with van der Waals surface area (Å²) in [6, 6.07) is 9.91. The highest BCUT2D eigenvalue weighted by molar-refractivity contribution is 5.95. The summed E-state index contributed by atoms with van der Waals surface area (Å²) in [5.41, 5.74) is 2.66. The molecule has 0 N–H and O–H groups in total. The molecule has 0 saturated carbocycles. The number of rotatable bonds is 4. The fourth-order valence-electron chi connectivity index (χ4n) is 2.16. The molecule has 2 aromatic rings. The van der Waals surface area contributed by atoms with Crippen molar-refractivity contribution in [3.8, 4) is 0 Å². The number of carboxylic acids is 2. The number of aromatic carboxylic acids is 2. The average Bonchev–Trinajstić information content (AvgIpc) is 2.46. The molecule has 0 atom stereocenters. The van der Waals surface area contributed by atoms with Gasteiger partial charge in [-0.3, -0.25) is 0 Å². The van der Waals surface area contributed by atoms with Crippen molar-refractivity contribution in [2.75, 3.05) is 0 Å². The predicted octanol–water partition coefficient (Wildman–Crippen LogP) is 1.20. The van der Waals surface area contributed by atoms with Crippen LogP contribution in [0, 0.1) is 13.8 Å². The minimum Gasteiger partial charge on any atom is -0.545 e. The molecule has 0 bridgehead atoms. The molecule has 0 amide bonds. The molecule has 112 valence electrons. The maximum absolute atomic E-state index is 11.2. The van der Waals surface area contributed by atoms with Gasteiger partial charge in [-0.1, -0.05) is 47.5 Å². The van der Waals surface area contributed by atoms with Crippen molar-refractivity contribution in [3.63, 3.8) is 0 Å². The lowest BCUT2D eigenvalue weighted by molar-refractivity contribution is -0.256. The molecule has 0 fully saturated rings. The molecule has 0 aliphatic rings. The Morgan fingerprint density at radius 2 is 1.14 bits per heavy atom. The minimum absolute atomic E-state index is 0.0679. The average molecular weight is 294 g/mol. The van der Waals surface area contributed by atoms with Gasteiger partial charge in [-0.05, 0) is 37.1 Å². The van der Waals surface area contributed by atoms with E-state index in [1.807, 2.05) is 0 Å². The van der Waals surface area contributed by atoms with E-state index in [4.69, 9.17) is 0 Å². The molecule has 2 aromatic carbocycles. The second-order valence-electron chi connectivity index (χ2n) is 5.09. The summed E-state index contributed by atoms with van der Waals surface area (Å²) in [5.74, 6) is -2.54. The lowest BCUT2D eigenvalue weighted by atomic mass is 10.0. The van der Waals surface area contributed by atoms with E-state index in [2.05, 4.69) is 0 Å². The van der Waals surface area contributed by atoms with E-state index in [-0.39, 0.29) is 11.1 Å². The fourth-order valence-corrected chi connectivity index (χ4v) is 2.16. The van der Waals surface area contributed by atoms with E-state index < -0.39 is 11.9 Å². The van der Waals surface area contributed by atoms with E-state index in [9.17, 15) is 19.8 Å². The van der Waals surface area contributed by atoms with Crippen LogP contribution in [0.4, 0.5) is 0 Å². The standard InChI is InChI=1S/C18H16O4/c1-11-3-5-13(15(9-11)17(19)20)7-8-14-6-4-12(2)10-16(14)18(21)22/h3-10H,1-2H3,(H,19,20)(H,21,22)/p-2/b8-7+. The van der Waals surface area contributed by atoms with Crippen LogP contribution in [0.15, 0.2) is 36.4 Å². The number of carbonyl (C=O) groups is 2. The smallest absolute Gasteiger partial charge is 0.0721 e. The maximum Gasteiger partial charge on any atom is 0.0721 e. The summed E-state index contributed by atoms with van der Waals surface area (Å²) in [6.45, 7) is 3.57. The molecular weight excluding hydrogens is 280 g/mol. The van der Waals surface area contributed by atoms with E-state index in [0.29, 0.717) is 11.1 Å². The van der Waals surface area contributed by atoms with E-state index in [0.717, 1.165) is 11.1 Å². The normalized spacial score (nSPS) is 10.8. The van der Waals surface area contributed by atoms with Crippen molar-refractivity contribution in [2.45, 2.75) is 13.8 Å². The topological polar surface area (TPSA) is 80.3 Å². The predicted molar refractivity (Wildman–Crippen MR) is 79.9 cm³/mol. The van der Waals surface area contributed by atoms with Gasteiger partial charge in [-0.2, -0.15) is 0 Å². The molecule has 0 aliphatic heterocycles. The van der Waals surface area contributed by atoms with Crippen LogP contribution in [0.2, 0.25) is 0 Å². The van der Waals surface area contributed by atoms with Gasteiger partial charge in [-0.25, -0.2) is 0 Å². The summed E-state index contributed by atoms with van der Waals surface area (Å²) >= 11 is 0. The van der Waals surface area contributed by atoms with Gasteiger partial charge in [-0.15, -0.1) is 0 Å². The molecular formula is C18H14O4-2. The van der Waals surface area contributed by atoms with Crippen LogP contribution in [-0.2, 0) is 0 Å². The van der Waals surface area contributed by atoms with Gasteiger partial charge in [0.2, 0.25) is 0 Å². The molecule has 4 nitrogen and oxygen atoms in total. The molecule has 22 heavy (non-hydrogen) atoms. The summed E-state index contributed by atoms with van der Waals surface area (Å²) in [4.78, 5) is 22.3. The Balaban J connectivity index is 2.46. The summed E-state index contributed by atoms with van der Waals surface area (Å²) in [7, 11) is 0.